The number of fused-ring (bicyclic) bond motifs is 1. The van der Waals surface area contributed by atoms with E-state index in [1.807, 2.05) is 31.4 Å². The summed E-state index contributed by atoms with van der Waals surface area (Å²) < 4.78 is 27.2. The molecule has 3 heterocycles. The molecule has 0 spiro atoms. The molecular weight excluding hydrogens is 438 g/mol. The molecule has 0 atom stereocenters. The zero-order valence-corrected chi connectivity index (χ0v) is 19.3. The van der Waals surface area contributed by atoms with Gasteiger partial charge < -0.3 is 4.90 Å². The highest BCUT2D eigenvalue weighted by Gasteiger charge is 2.28. The smallest absolute Gasteiger partial charge is 0.277 e. The van der Waals surface area contributed by atoms with Crippen LogP contribution in [0.5, 0.6) is 0 Å². The first kappa shape index (κ1) is 21.2. The second kappa shape index (κ2) is 8.58. The quantitative estimate of drug-likeness (QED) is 0.542. The van der Waals surface area contributed by atoms with E-state index >= 15 is 0 Å². The predicted molar refractivity (Wildman–Crippen MR) is 122 cm³/mol. The van der Waals surface area contributed by atoms with E-state index in [4.69, 9.17) is 0 Å². The first-order valence-corrected chi connectivity index (χ1v) is 13.1. The second-order valence-corrected chi connectivity index (χ2v) is 10.7. The summed E-state index contributed by atoms with van der Waals surface area (Å²) in [5.41, 5.74) is 2.09. The number of hydrogen-bond acceptors (Lipinski definition) is 6. The molecule has 3 aromatic rings. The number of nitrogens with zero attached hydrogens (tertiary/aromatic N) is 3. The van der Waals surface area contributed by atoms with E-state index in [1.54, 1.807) is 39.8 Å². The van der Waals surface area contributed by atoms with Crippen LogP contribution in [-0.2, 0) is 16.4 Å². The Morgan fingerprint density at radius 2 is 2.00 bits per heavy atom. The monoisotopic (exact) mass is 461 g/mol. The van der Waals surface area contributed by atoms with Gasteiger partial charge in [0.1, 0.15) is 10.7 Å². The Morgan fingerprint density at radius 3 is 2.70 bits per heavy atom. The van der Waals surface area contributed by atoms with Crippen molar-refractivity contribution in [3.05, 3.63) is 52.3 Å². The Morgan fingerprint density at radius 1 is 1.20 bits per heavy atom. The molecule has 0 aliphatic carbocycles. The second-order valence-electron chi connectivity index (χ2n) is 6.96. The number of sulfonamides is 1. The number of thiophene rings is 1. The van der Waals surface area contributed by atoms with Crippen LogP contribution in [0.25, 0.3) is 9.88 Å². The van der Waals surface area contributed by atoms with Crippen molar-refractivity contribution in [3.63, 3.8) is 0 Å². The van der Waals surface area contributed by atoms with Gasteiger partial charge in [0.2, 0.25) is 10.0 Å². The molecule has 158 valence electrons. The molecule has 1 amide bonds. The van der Waals surface area contributed by atoms with Crippen molar-refractivity contribution in [1.29, 1.82) is 0 Å². The summed E-state index contributed by atoms with van der Waals surface area (Å²) in [5, 5.41) is 4.62. The van der Waals surface area contributed by atoms with Gasteiger partial charge in [0.25, 0.3) is 5.91 Å². The van der Waals surface area contributed by atoms with E-state index in [-0.39, 0.29) is 10.8 Å². The van der Waals surface area contributed by atoms with Gasteiger partial charge in [-0.1, -0.05) is 19.9 Å². The number of anilines is 1. The van der Waals surface area contributed by atoms with E-state index in [1.165, 1.54) is 15.6 Å². The lowest BCUT2D eigenvalue weighted by Gasteiger charge is -2.29. The molecular formula is C21H23N3O3S3. The molecule has 2 aromatic heterocycles. The summed E-state index contributed by atoms with van der Waals surface area (Å²) in [4.78, 5) is 20.8. The first-order chi connectivity index (χ1) is 14.5. The maximum Gasteiger partial charge on any atom is 0.277 e. The molecule has 4 rings (SSSR count). The van der Waals surface area contributed by atoms with Crippen molar-refractivity contribution in [2.45, 2.75) is 31.6 Å². The van der Waals surface area contributed by atoms with E-state index in [0.29, 0.717) is 25.3 Å². The minimum absolute atomic E-state index is 0.144. The molecule has 0 saturated heterocycles. The number of thiazole rings is 1. The van der Waals surface area contributed by atoms with Crippen LogP contribution >= 0.6 is 22.7 Å². The van der Waals surface area contributed by atoms with Gasteiger partial charge >= 0.3 is 0 Å². The molecule has 1 aliphatic rings. The van der Waals surface area contributed by atoms with Gasteiger partial charge in [0.05, 0.1) is 9.77 Å². The third-order valence-electron chi connectivity index (χ3n) is 5.21. The summed E-state index contributed by atoms with van der Waals surface area (Å²) in [7, 11) is -3.53. The number of amides is 1. The predicted octanol–water partition coefficient (Wildman–Crippen LogP) is 4.50. The minimum atomic E-state index is -3.53. The van der Waals surface area contributed by atoms with E-state index < -0.39 is 10.0 Å². The first-order valence-electron chi connectivity index (χ1n) is 9.90. The van der Waals surface area contributed by atoms with Gasteiger partial charge in [-0.3, -0.25) is 4.79 Å². The largest absolute Gasteiger partial charge is 0.307 e. The van der Waals surface area contributed by atoms with Crippen LogP contribution < -0.4 is 4.90 Å². The fourth-order valence-corrected chi connectivity index (χ4v) is 6.80. The van der Waals surface area contributed by atoms with Gasteiger partial charge in [-0.15, -0.1) is 22.7 Å². The molecule has 0 N–H and O–H groups in total. The van der Waals surface area contributed by atoms with Crippen LogP contribution in [0, 0.1) is 0 Å². The van der Waals surface area contributed by atoms with Gasteiger partial charge in [0.15, 0.2) is 0 Å². The Balaban J connectivity index is 1.64. The summed E-state index contributed by atoms with van der Waals surface area (Å²) in [6, 6.07) is 9.05. The molecule has 0 bridgehead atoms. The van der Waals surface area contributed by atoms with Crippen LogP contribution in [0.4, 0.5) is 5.69 Å². The number of aromatic nitrogens is 1. The molecule has 9 heteroatoms. The van der Waals surface area contributed by atoms with Crippen LogP contribution in [0.3, 0.4) is 0 Å². The highest BCUT2D eigenvalue weighted by molar-refractivity contribution is 7.89. The average molecular weight is 462 g/mol. The Kier molecular flexibility index (Phi) is 6.06. The average Bonchev–Trinajstić information content (AvgIpc) is 3.45. The minimum Gasteiger partial charge on any atom is -0.307 e. The molecule has 30 heavy (non-hydrogen) atoms. The molecule has 1 aliphatic heterocycles. The van der Waals surface area contributed by atoms with Crippen molar-refractivity contribution < 1.29 is 13.2 Å². The molecule has 0 fully saturated rings. The van der Waals surface area contributed by atoms with Crippen LogP contribution in [0.15, 0.2) is 46.0 Å². The molecule has 0 saturated carbocycles. The highest BCUT2D eigenvalue weighted by atomic mass is 32.2. The molecule has 1 aromatic carbocycles. The van der Waals surface area contributed by atoms with Crippen molar-refractivity contribution in [2.75, 3.05) is 24.5 Å². The standard InChI is InChI=1S/C21H23N3O3S3/c1-3-23(4-2)30(26,27)16-9-10-18-15(13-16)7-5-11-24(18)21(25)17-14-29-20(22-17)19-8-6-12-28-19/h6,8-10,12-14H,3-5,7,11H2,1-2H3. The lowest BCUT2D eigenvalue weighted by molar-refractivity contribution is 0.0981. The fraction of sp³-hybridized carbons (Fsp3) is 0.333. The summed E-state index contributed by atoms with van der Waals surface area (Å²) in [6.07, 6.45) is 1.54. The zero-order chi connectivity index (χ0) is 21.3. The fourth-order valence-electron chi connectivity index (χ4n) is 3.68. The summed E-state index contributed by atoms with van der Waals surface area (Å²) >= 11 is 3.06. The van der Waals surface area contributed by atoms with Gasteiger partial charge in [-0.2, -0.15) is 4.31 Å². The number of aryl methyl sites for hydroxylation is 1. The lowest BCUT2D eigenvalue weighted by atomic mass is 10.0. The third-order valence-corrected chi connectivity index (χ3v) is 9.14. The number of rotatable bonds is 6. The Bertz CT molecular complexity index is 1150. The Labute approximate surface area is 184 Å². The number of carbonyl (C=O) groups is 1. The molecule has 0 unspecified atom stereocenters. The zero-order valence-electron chi connectivity index (χ0n) is 16.9. The summed E-state index contributed by atoms with van der Waals surface area (Å²) in [5.74, 6) is -0.144. The van der Waals surface area contributed by atoms with E-state index in [0.717, 1.165) is 34.0 Å². The lowest BCUT2D eigenvalue weighted by Crippen LogP contribution is -2.36. The summed E-state index contributed by atoms with van der Waals surface area (Å²) in [6.45, 7) is 5.12. The van der Waals surface area contributed by atoms with Crippen LogP contribution in [0.1, 0.15) is 36.3 Å². The van der Waals surface area contributed by atoms with Crippen molar-refractivity contribution in [3.8, 4) is 9.88 Å². The highest BCUT2D eigenvalue weighted by Crippen LogP contribution is 2.33. The topological polar surface area (TPSA) is 70.6 Å². The van der Waals surface area contributed by atoms with E-state index in [9.17, 15) is 13.2 Å². The number of benzene rings is 1. The van der Waals surface area contributed by atoms with E-state index in [2.05, 4.69) is 4.98 Å². The van der Waals surface area contributed by atoms with Crippen molar-refractivity contribution >= 4 is 44.3 Å². The normalized spacial score (nSPS) is 14.2. The third kappa shape index (κ3) is 3.82. The number of hydrogen-bond donors (Lipinski definition) is 0. The van der Waals surface area contributed by atoms with Gasteiger partial charge in [0, 0.05) is 30.7 Å². The Hall–Kier alpha value is -2.07. The molecule has 6 nitrogen and oxygen atoms in total. The maximum atomic E-state index is 13.2. The van der Waals surface area contributed by atoms with Crippen LogP contribution in [-0.4, -0.2) is 43.2 Å². The molecule has 0 radical (unpaired) electrons. The van der Waals surface area contributed by atoms with Gasteiger partial charge in [-0.05, 0) is 48.1 Å². The van der Waals surface area contributed by atoms with Crippen molar-refractivity contribution in [1.82, 2.24) is 9.29 Å². The van der Waals surface area contributed by atoms with Gasteiger partial charge in [-0.25, -0.2) is 13.4 Å². The van der Waals surface area contributed by atoms with Crippen molar-refractivity contribution in [2.24, 2.45) is 0 Å². The van der Waals surface area contributed by atoms with Crippen LogP contribution in [0.2, 0.25) is 0 Å². The number of carbonyl (C=O) groups excluding carboxylic acids is 1. The maximum absolute atomic E-state index is 13.2. The SMILES string of the molecule is CCN(CC)S(=O)(=O)c1ccc2c(c1)CCCN2C(=O)c1csc(-c2cccs2)n1.